The predicted molar refractivity (Wildman–Crippen MR) is 45.8 cm³/mol. The molecule has 0 aliphatic heterocycles. The number of hydrogen-bond acceptors (Lipinski definition) is 1. The van der Waals surface area contributed by atoms with Crippen molar-refractivity contribution in [1.29, 1.82) is 0 Å². The molecule has 0 heterocycles. The maximum atomic E-state index is 12.9. The maximum Gasteiger partial charge on any atom is 0.195 e. The van der Waals surface area contributed by atoms with Gasteiger partial charge in [0, 0.05) is 4.47 Å². The topological polar surface area (TPSA) is 0 Å². The van der Waals surface area contributed by atoms with Crippen molar-refractivity contribution in [3.63, 3.8) is 0 Å². The molecular weight excluding hydrogens is 253 g/mol. The van der Waals surface area contributed by atoms with E-state index >= 15 is 0 Å². The summed E-state index contributed by atoms with van der Waals surface area (Å²) in [5.41, 5.74) is 0. The van der Waals surface area contributed by atoms with Crippen LogP contribution >= 0.6 is 27.7 Å². The molecular formula is C7H4BrF3S. The van der Waals surface area contributed by atoms with Gasteiger partial charge in [0.2, 0.25) is 0 Å². The van der Waals surface area contributed by atoms with Crippen molar-refractivity contribution in [2.24, 2.45) is 0 Å². The van der Waals surface area contributed by atoms with Gasteiger partial charge in [-0.1, -0.05) is 0 Å². The van der Waals surface area contributed by atoms with Gasteiger partial charge in [-0.3, -0.25) is 0 Å². The zero-order valence-electron chi connectivity index (χ0n) is 6.00. The highest BCUT2D eigenvalue weighted by Gasteiger charge is 2.16. The third-order valence-electron chi connectivity index (χ3n) is 1.28. The molecule has 0 aromatic heterocycles. The molecule has 0 nitrogen and oxygen atoms in total. The zero-order valence-corrected chi connectivity index (χ0v) is 8.40. The van der Waals surface area contributed by atoms with Crippen molar-refractivity contribution in [1.82, 2.24) is 0 Å². The third-order valence-corrected chi connectivity index (χ3v) is 2.97. The van der Waals surface area contributed by atoms with E-state index in [1.165, 1.54) is 0 Å². The molecule has 0 N–H and O–H groups in total. The first kappa shape index (κ1) is 9.92. The number of hydrogen-bond donors (Lipinski definition) is 0. The Labute approximate surface area is 80.3 Å². The smallest absolute Gasteiger partial charge is 0.195 e. The maximum absolute atomic E-state index is 12.9. The van der Waals surface area contributed by atoms with Crippen LogP contribution in [0, 0.1) is 17.5 Å². The van der Waals surface area contributed by atoms with Crippen LogP contribution in [0.4, 0.5) is 13.2 Å². The van der Waals surface area contributed by atoms with Crippen molar-refractivity contribution in [3.8, 4) is 0 Å². The summed E-state index contributed by atoms with van der Waals surface area (Å²) in [4.78, 5) is 0.0777. The average Bonchev–Trinajstić information content (AvgIpc) is 2.01. The summed E-state index contributed by atoms with van der Waals surface area (Å²) in [5, 5.41) is 0. The van der Waals surface area contributed by atoms with Gasteiger partial charge in [0.25, 0.3) is 0 Å². The highest BCUT2D eigenvalue weighted by atomic mass is 79.9. The van der Waals surface area contributed by atoms with Crippen LogP contribution in [0.5, 0.6) is 0 Å². The monoisotopic (exact) mass is 256 g/mol. The lowest BCUT2D eigenvalue weighted by atomic mass is 10.3. The van der Waals surface area contributed by atoms with E-state index in [0.717, 1.165) is 17.8 Å². The fourth-order valence-electron chi connectivity index (χ4n) is 0.737. The molecule has 0 saturated heterocycles. The van der Waals surface area contributed by atoms with Crippen LogP contribution in [-0.4, -0.2) is 6.26 Å². The average molecular weight is 257 g/mol. The lowest BCUT2D eigenvalue weighted by Gasteiger charge is -2.03. The van der Waals surface area contributed by atoms with Crippen LogP contribution in [0.25, 0.3) is 0 Å². The quantitative estimate of drug-likeness (QED) is 0.421. The summed E-state index contributed by atoms with van der Waals surface area (Å²) in [6, 6.07) is 0.907. The largest absolute Gasteiger partial charge is 0.204 e. The fourth-order valence-corrected chi connectivity index (χ4v) is 2.12. The molecule has 0 atom stereocenters. The molecule has 0 fully saturated rings. The van der Waals surface area contributed by atoms with Gasteiger partial charge in [0.15, 0.2) is 17.5 Å². The molecule has 0 saturated carbocycles. The molecule has 0 aliphatic carbocycles. The molecule has 0 amide bonds. The van der Waals surface area contributed by atoms with Crippen molar-refractivity contribution in [2.75, 3.05) is 6.26 Å². The van der Waals surface area contributed by atoms with Gasteiger partial charge >= 0.3 is 0 Å². The second-order valence-electron chi connectivity index (χ2n) is 2.00. The summed E-state index contributed by atoms with van der Waals surface area (Å²) in [6.07, 6.45) is 1.58. The second kappa shape index (κ2) is 3.70. The first-order chi connectivity index (χ1) is 5.57. The normalized spacial score (nSPS) is 10.4. The molecule has 1 aromatic carbocycles. The van der Waals surface area contributed by atoms with E-state index in [-0.39, 0.29) is 9.37 Å². The van der Waals surface area contributed by atoms with E-state index in [0.29, 0.717) is 0 Å². The minimum atomic E-state index is -1.43. The summed E-state index contributed by atoms with van der Waals surface area (Å²) in [5.74, 6) is -3.76. The lowest BCUT2D eigenvalue weighted by molar-refractivity contribution is 0.434. The first-order valence-corrected chi connectivity index (χ1v) is 4.96. The van der Waals surface area contributed by atoms with Gasteiger partial charge in [0.05, 0.1) is 4.90 Å². The van der Waals surface area contributed by atoms with Crippen LogP contribution in [0.2, 0.25) is 0 Å². The Morgan fingerprint density at radius 2 is 1.83 bits per heavy atom. The zero-order chi connectivity index (χ0) is 9.30. The van der Waals surface area contributed by atoms with Crippen LogP contribution in [0.3, 0.4) is 0 Å². The Balaban J connectivity index is 3.40. The van der Waals surface area contributed by atoms with Gasteiger partial charge < -0.3 is 0 Å². The Morgan fingerprint density at radius 3 is 2.33 bits per heavy atom. The third kappa shape index (κ3) is 1.61. The molecule has 66 valence electrons. The van der Waals surface area contributed by atoms with Crippen LogP contribution < -0.4 is 0 Å². The first-order valence-electron chi connectivity index (χ1n) is 2.95. The number of rotatable bonds is 1. The van der Waals surface area contributed by atoms with Gasteiger partial charge in [-0.25, -0.2) is 13.2 Å². The van der Waals surface area contributed by atoms with Crippen LogP contribution in [0.15, 0.2) is 15.4 Å². The van der Waals surface area contributed by atoms with Crippen LogP contribution in [0.1, 0.15) is 0 Å². The number of halogens is 4. The molecule has 0 radical (unpaired) electrons. The molecule has 0 unspecified atom stereocenters. The van der Waals surface area contributed by atoms with Crippen molar-refractivity contribution in [3.05, 3.63) is 28.0 Å². The van der Waals surface area contributed by atoms with E-state index in [2.05, 4.69) is 15.9 Å². The lowest BCUT2D eigenvalue weighted by Crippen LogP contribution is -1.93. The Morgan fingerprint density at radius 1 is 1.25 bits per heavy atom. The van der Waals surface area contributed by atoms with Crippen LogP contribution in [-0.2, 0) is 0 Å². The van der Waals surface area contributed by atoms with E-state index < -0.39 is 17.5 Å². The minimum absolute atomic E-state index is 0.0777. The number of benzene rings is 1. The molecule has 0 aliphatic rings. The predicted octanol–water partition coefficient (Wildman–Crippen LogP) is 3.59. The van der Waals surface area contributed by atoms with E-state index in [4.69, 9.17) is 0 Å². The van der Waals surface area contributed by atoms with Gasteiger partial charge in [-0.05, 0) is 28.3 Å². The Hall–Kier alpha value is -0.160. The second-order valence-corrected chi connectivity index (χ2v) is 3.67. The molecule has 0 bridgehead atoms. The minimum Gasteiger partial charge on any atom is -0.204 e. The van der Waals surface area contributed by atoms with E-state index in [1.807, 2.05) is 0 Å². The molecule has 1 aromatic rings. The Kier molecular flexibility index (Phi) is 3.06. The molecule has 0 spiro atoms. The SMILES string of the molecule is CSc1c(Br)cc(F)c(F)c1F. The van der Waals surface area contributed by atoms with Crippen molar-refractivity contribution in [2.45, 2.75) is 4.90 Å². The highest BCUT2D eigenvalue weighted by Crippen LogP contribution is 2.31. The molecule has 5 heteroatoms. The van der Waals surface area contributed by atoms with E-state index in [9.17, 15) is 13.2 Å². The number of thioether (sulfide) groups is 1. The summed E-state index contributed by atoms with van der Waals surface area (Å²) < 4.78 is 38.2. The van der Waals surface area contributed by atoms with Crippen molar-refractivity contribution >= 4 is 27.7 Å². The van der Waals surface area contributed by atoms with Gasteiger partial charge in [-0.15, -0.1) is 11.8 Å². The van der Waals surface area contributed by atoms with Gasteiger partial charge in [0.1, 0.15) is 0 Å². The van der Waals surface area contributed by atoms with Gasteiger partial charge in [-0.2, -0.15) is 0 Å². The summed E-state index contributed by atoms with van der Waals surface area (Å²) in [6.45, 7) is 0. The molecule has 1 rings (SSSR count). The highest BCUT2D eigenvalue weighted by molar-refractivity contribution is 9.10. The summed E-state index contributed by atoms with van der Waals surface area (Å²) >= 11 is 3.94. The Bertz CT molecular complexity index is 314. The van der Waals surface area contributed by atoms with E-state index in [1.54, 1.807) is 6.26 Å². The molecule has 12 heavy (non-hydrogen) atoms. The fraction of sp³-hybridized carbons (Fsp3) is 0.143. The summed E-state index contributed by atoms with van der Waals surface area (Å²) in [7, 11) is 0. The van der Waals surface area contributed by atoms with Crippen molar-refractivity contribution < 1.29 is 13.2 Å². The standard InChI is InChI=1S/C7H4BrF3S/c1-12-7-3(8)2-4(9)5(10)6(7)11/h2H,1H3.